The van der Waals surface area contributed by atoms with Gasteiger partial charge in [0, 0.05) is 16.7 Å². The minimum absolute atomic E-state index is 0.207. The van der Waals surface area contributed by atoms with Crippen LogP contribution in [0.15, 0.2) is 46.9 Å². The van der Waals surface area contributed by atoms with Crippen molar-refractivity contribution in [3.05, 3.63) is 63.6 Å². The number of hydrogen-bond donors (Lipinski definition) is 3. The van der Waals surface area contributed by atoms with Gasteiger partial charge in [-0.1, -0.05) is 28.1 Å². The van der Waals surface area contributed by atoms with E-state index in [-0.39, 0.29) is 19.0 Å². The van der Waals surface area contributed by atoms with Gasteiger partial charge in [-0.25, -0.2) is 4.79 Å². The molecule has 0 aliphatic rings. The number of anilines is 1. The number of nitrogens with one attached hydrogen (secondary N) is 3. The van der Waals surface area contributed by atoms with Crippen LogP contribution in [0.25, 0.3) is 0 Å². The molecule has 0 aliphatic carbocycles. The molecular weight excluding hydrogens is 439 g/mol. The predicted octanol–water partition coefficient (Wildman–Crippen LogP) is 4.26. The summed E-state index contributed by atoms with van der Waals surface area (Å²) in [5.74, 6) is -0.372. The van der Waals surface area contributed by atoms with E-state index < -0.39 is 17.8 Å². The van der Waals surface area contributed by atoms with E-state index >= 15 is 0 Å². The molecular formula is C19H19BrF3N3O2. The SMILES string of the molecule is Cc1cc(Br)ccc1NC(=O)CNC(=O)NCCc1ccc(C(F)(F)F)cc1. The highest BCUT2D eigenvalue weighted by molar-refractivity contribution is 9.10. The molecule has 0 unspecified atom stereocenters. The summed E-state index contributed by atoms with van der Waals surface area (Å²) >= 11 is 3.34. The van der Waals surface area contributed by atoms with E-state index in [0.717, 1.165) is 22.2 Å². The number of urea groups is 1. The first-order valence-electron chi connectivity index (χ1n) is 8.39. The Balaban J connectivity index is 1.70. The molecule has 5 nitrogen and oxygen atoms in total. The Labute approximate surface area is 168 Å². The summed E-state index contributed by atoms with van der Waals surface area (Å²) in [6.07, 6.45) is -4.00. The van der Waals surface area contributed by atoms with Crippen molar-refractivity contribution in [3.63, 3.8) is 0 Å². The van der Waals surface area contributed by atoms with Crippen LogP contribution in [0.3, 0.4) is 0 Å². The number of halogens is 4. The summed E-state index contributed by atoms with van der Waals surface area (Å²) in [7, 11) is 0. The number of benzene rings is 2. The zero-order valence-corrected chi connectivity index (χ0v) is 16.6. The van der Waals surface area contributed by atoms with Crippen LogP contribution in [0.4, 0.5) is 23.7 Å². The fourth-order valence-corrected chi connectivity index (χ4v) is 2.84. The van der Waals surface area contributed by atoms with Crippen LogP contribution < -0.4 is 16.0 Å². The minimum Gasteiger partial charge on any atom is -0.338 e. The van der Waals surface area contributed by atoms with Crippen molar-refractivity contribution >= 4 is 33.6 Å². The minimum atomic E-state index is -4.37. The predicted molar refractivity (Wildman–Crippen MR) is 104 cm³/mol. The quantitative estimate of drug-likeness (QED) is 0.606. The molecule has 0 saturated heterocycles. The van der Waals surface area contributed by atoms with Gasteiger partial charge in [0.15, 0.2) is 0 Å². The Hall–Kier alpha value is -2.55. The summed E-state index contributed by atoms with van der Waals surface area (Å²) in [5, 5.41) is 7.68. The molecule has 0 bridgehead atoms. The third-order valence-electron chi connectivity index (χ3n) is 3.85. The second-order valence-corrected chi connectivity index (χ2v) is 6.98. The average molecular weight is 458 g/mol. The van der Waals surface area contributed by atoms with Crippen LogP contribution in [-0.4, -0.2) is 25.0 Å². The first kappa shape index (κ1) is 21.7. The van der Waals surface area contributed by atoms with Crippen LogP contribution in [0.1, 0.15) is 16.7 Å². The van der Waals surface area contributed by atoms with Gasteiger partial charge in [0.1, 0.15) is 0 Å². The van der Waals surface area contributed by atoms with E-state index in [1.165, 1.54) is 12.1 Å². The molecule has 0 aromatic heterocycles. The highest BCUT2D eigenvalue weighted by Crippen LogP contribution is 2.29. The van der Waals surface area contributed by atoms with E-state index in [1.54, 1.807) is 12.1 Å². The maximum Gasteiger partial charge on any atom is 0.416 e. The summed E-state index contributed by atoms with van der Waals surface area (Å²) in [6, 6.07) is 9.62. The van der Waals surface area contributed by atoms with E-state index in [0.29, 0.717) is 17.7 Å². The lowest BCUT2D eigenvalue weighted by Gasteiger charge is -2.11. The topological polar surface area (TPSA) is 70.2 Å². The second kappa shape index (κ2) is 9.59. The van der Waals surface area contributed by atoms with Crippen molar-refractivity contribution < 1.29 is 22.8 Å². The Morgan fingerprint density at radius 1 is 1.04 bits per heavy atom. The fraction of sp³-hybridized carbons (Fsp3) is 0.263. The van der Waals surface area contributed by atoms with Crippen LogP contribution in [-0.2, 0) is 17.4 Å². The average Bonchev–Trinajstić information content (AvgIpc) is 2.62. The second-order valence-electron chi connectivity index (χ2n) is 6.06. The highest BCUT2D eigenvalue weighted by Gasteiger charge is 2.29. The molecule has 2 rings (SSSR count). The molecule has 0 saturated carbocycles. The number of alkyl halides is 3. The number of carbonyl (C=O) groups excluding carboxylic acids is 2. The van der Waals surface area contributed by atoms with Crippen LogP contribution in [0.2, 0.25) is 0 Å². The molecule has 9 heteroatoms. The fourth-order valence-electron chi connectivity index (χ4n) is 2.37. The summed E-state index contributed by atoms with van der Waals surface area (Å²) in [5.41, 5.74) is 1.48. The normalized spacial score (nSPS) is 11.0. The number of carbonyl (C=O) groups is 2. The standard InChI is InChI=1S/C19H19BrF3N3O2/c1-12-10-15(20)6-7-16(12)26-17(27)11-25-18(28)24-9-8-13-2-4-14(5-3-13)19(21,22)23/h2-7,10H,8-9,11H2,1H3,(H,26,27)(H2,24,25,28). The Morgan fingerprint density at radius 3 is 2.32 bits per heavy atom. The molecule has 150 valence electrons. The van der Waals surface area contributed by atoms with Crippen LogP contribution in [0, 0.1) is 6.92 Å². The molecule has 2 aromatic rings. The monoisotopic (exact) mass is 457 g/mol. The Bertz CT molecular complexity index is 839. The molecule has 0 heterocycles. The lowest BCUT2D eigenvalue weighted by molar-refractivity contribution is -0.137. The number of amides is 3. The zero-order valence-electron chi connectivity index (χ0n) is 15.0. The number of aryl methyl sites for hydroxylation is 1. The van der Waals surface area contributed by atoms with Crippen molar-refractivity contribution in [2.75, 3.05) is 18.4 Å². The smallest absolute Gasteiger partial charge is 0.338 e. The van der Waals surface area contributed by atoms with E-state index in [2.05, 4.69) is 31.9 Å². The molecule has 3 amide bonds. The van der Waals surface area contributed by atoms with Gasteiger partial charge in [-0.3, -0.25) is 4.79 Å². The molecule has 2 aromatic carbocycles. The lowest BCUT2D eigenvalue weighted by Crippen LogP contribution is -2.40. The lowest BCUT2D eigenvalue weighted by atomic mass is 10.1. The van der Waals surface area contributed by atoms with Crippen molar-refractivity contribution in [3.8, 4) is 0 Å². The summed E-state index contributed by atoms with van der Waals surface area (Å²) < 4.78 is 38.4. The van der Waals surface area contributed by atoms with Gasteiger partial charge in [0.25, 0.3) is 0 Å². The van der Waals surface area contributed by atoms with Crippen LogP contribution in [0.5, 0.6) is 0 Å². The van der Waals surface area contributed by atoms with Crippen molar-refractivity contribution in [1.82, 2.24) is 10.6 Å². The van der Waals surface area contributed by atoms with E-state index in [4.69, 9.17) is 0 Å². The van der Waals surface area contributed by atoms with Gasteiger partial charge in [-0.05, 0) is 54.8 Å². The number of hydrogen-bond acceptors (Lipinski definition) is 2. The highest BCUT2D eigenvalue weighted by atomic mass is 79.9. The Morgan fingerprint density at radius 2 is 1.71 bits per heavy atom. The van der Waals surface area contributed by atoms with E-state index in [1.807, 2.05) is 13.0 Å². The largest absolute Gasteiger partial charge is 0.416 e. The maximum atomic E-state index is 12.5. The molecule has 3 N–H and O–H groups in total. The molecule has 0 fully saturated rings. The van der Waals surface area contributed by atoms with E-state index in [9.17, 15) is 22.8 Å². The molecule has 0 spiro atoms. The summed E-state index contributed by atoms with van der Waals surface area (Å²) in [4.78, 5) is 23.6. The third-order valence-corrected chi connectivity index (χ3v) is 4.35. The third kappa shape index (κ3) is 6.88. The van der Waals surface area contributed by atoms with Gasteiger partial charge in [0.2, 0.25) is 5.91 Å². The van der Waals surface area contributed by atoms with Crippen molar-refractivity contribution in [1.29, 1.82) is 0 Å². The first-order chi connectivity index (χ1) is 13.1. The molecule has 0 atom stereocenters. The van der Waals surface area contributed by atoms with Crippen LogP contribution >= 0.6 is 15.9 Å². The molecule has 0 aliphatic heterocycles. The summed E-state index contributed by atoms with van der Waals surface area (Å²) in [6.45, 7) is 1.87. The first-order valence-corrected chi connectivity index (χ1v) is 9.18. The van der Waals surface area contributed by atoms with Crippen molar-refractivity contribution in [2.24, 2.45) is 0 Å². The van der Waals surface area contributed by atoms with Gasteiger partial charge < -0.3 is 16.0 Å². The molecule has 28 heavy (non-hydrogen) atoms. The Kier molecular flexibility index (Phi) is 7.45. The number of rotatable bonds is 6. The van der Waals surface area contributed by atoms with Gasteiger partial charge in [0.05, 0.1) is 12.1 Å². The maximum absolute atomic E-state index is 12.5. The van der Waals surface area contributed by atoms with Gasteiger partial charge >= 0.3 is 12.2 Å². The molecule has 0 radical (unpaired) electrons. The zero-order chi connectivity index (χ0) is 20.7. The van der Waals surface area contributed by atoms with Gasteiger partial charge in [-0.15, -0.1) is 0 Å². The van der Waals surface area contributed by atoms with Gasteiger partial charge in [-0.2, -0.15) is 13.2 Å². The van der Waals surface area contributed by atoms with Crippen molar-refractivity contribution in [2.45, 2.75) is 19.5 Å².